The van der Waals surface area contributed by atoms with Gasteiger partial charge in [0.2, 0.25) is 0 Å². The molecule has 0 amide bonds. The lowest BCUT2D eigenvalue weighted by Gasteiger charge is -2.34. The van der Waals surface area contributed by atoms with Crippen LogP contribution in [0.5, 0.6) is 11.5 Å². The van der Waals surface area contributed by atoms with Crippen molar-refractivity contribution in [1.82, 2.24) is 15.1 Å². The second-order valence-electron chi connectivity index (χ2n) is 9.28. The average Bonchev–Trinajstić information content (AvgIpc) is 3.51. The standard InChI is InChI=1S/C24H36N4O3/c1-25-23(28-9-6-20(17-28)27-10-12-29-13-11-27)26-18-24(7-2-3-8-24)19-4-5-21-22(16-19)31-15-14-30-21/h4-5,16,20H,2-3,6-15,17-18H2,1H3,(H,25,26). The van der Waals surface area contributed by atoms with Gasteiger partial charge in [0.1, 0.15) is 13.2 Å². The van der Waals surface area contributed by atoms with Crippen molar-refractivity contribution in [2.24, 2.45) is 4.99 Å². The first-order valence-electron chi connectivity index (χ1n) is 11.9. The highest BCUT2D eigenvalue weighted by atomic mass is 16.6. The molecule has 2 saturated heterocycles. The summed E-state index contributed by atoms with van der Waals surface area (Å²) in [6.45, 7) is 8.14. The number of hydrogen-bond acceptors (Lipinski definition) is 5. The number of ether oxygens (including phenoxy) is 3. The van der Waals surface area contributed by atoms with Crippen LogP contribution in [0.25, 0.3) is 0 Å². The highest BCUT2D eigenvalue weighted by Gasteiger charge is 2.37. The fourth-order valence-electron chi connectivity index (χ4n) is 5.75. The number of rotatable bonds is 4. The van der Waals surface area contributed by atoms with E-state index in [2.05, 4.69) is 38.3 Å². The molecule has 31 heavy (non-hydrogen) atoms. The highest BCUT2D eigenvalue weighted by molar-refractivity contribution is 5.80. The first-order chi connectivity index (χ1) is 15.3. The largest absolute Gasteiger partial charge is 0.486 e. The van der Waals surface area contributed by atoms with Gasteiger partial charge in [-0.1, -0.05) is 18.9 Å². The number of guanidine groups is 1. The molecule has 3 fully saturated rings. The van der Waals surface area contributed by atoms with E-state index in [1.807, 2.05) is 7.05 Å². The maximum atomic E-state index is 5.88. The Morgan fingerprint density at radius 2 is 1.84 bits per heavy atom. The van der Waals surface area contributed by atoms with Gasteiger partial charge in [-0.05, 0) is 37.0 Å². The van der Waals surface area contributed by atoms with Crippen LogP contribution in [0.1, 0.15) is 37.7 Å². The quantitative estimate of drug-likeness (QED) is 0.586. The summed E-state index contributed by atoms with van der Waals surface area (Å²) in [6.07, 6.45) is 6.16. The minimum Gasteiger partial charge on any atom is -0.486 e. The molecule has 0 spiro atoms. The van der Waals surface area contributed by atoms with E-state index in [0.717, 1.165) is 63.4 Å². The van der Waals surface area contributed by atoms with Gasteiger partial charge in [-0.3, -0.25) is 9.89 Å². The van der Waals surface area contributed by atoms with Crippen LogP contribution in [0.4, 0.5) is 0 Å². The first kappa shape index (κ1) is 20.9. The van der Waals surface area contributed by atoms with Gasteiger partial charge in [-0.15, -0.1) is 0 Å². The summed E-state index contributed by atoms with van der Waals surface area (Å²) in [4.78, 5) is 9.67. The van der Waals surface area contributed by atoms with Crippen molar-refractivity contribution in [1.29, 1.82) is 0 Å². The zero-order valence-electron chi connectivity index (χ0n) is 18.8. The van der Waals surface area contributed by atoms with Crippen LogP contribution in [-0.2, 0) is 10.2 Å². The van der Waals surface area contributed by atoms with Crippen LogP contribution in [0.3, 0.4) is 0 Å². The fraction of sp³-hybridized carbons (Fsp3) is 0.708. The molecule has 7 nitrogen and oxygen atoms in total. The van der Waals surface area contributed by atoms with Gasteiger partial charge >= 0.3 is 0 Å². The number of aliphatic imine (C=N–C) groups is 1. The second-order valence-corrected chi connectivity index (χ2v) is 9.28. The van der Waals surface area contributed by atoms with E-state index in [1.54, 1.807) is 0 Å². The minimum atomic E-state index is 0.134. The summed E-state index contributed by atoms with van der Waals surface area (Å²) in [5.74, 6) is 2.81. The number of nitrogens with one attached hydrogen (secondary N) is 1. The monoisotopic (exact) mass is 428 g/mol. The molecule has 3 aliphatic heterocycles. The van der Waals surface area contributed by atoms with E-state index in [4.69, 9.17) is 14.2 Å². The van der Waals surface area contributed by atoms with Gasteiger partial charge in [0.25, 0.3) is 0 Å². The normalized spacial score (nSPS) is 26.3. The Balaban J connectivity index is 1.25. The Labute approximate surface area is 185 Å². The molecule has 1 unspecified atom stereocenters. The van der Waals surface area contributed by atoms with Crippen LogP contribution in [0.15, 0.2) is 23.2 Å². The molecule has 3 heterocycles. The molecule has 7 heteroatoms. The molecule has 1 aromatic carbocycles. The lowest BCUT2D eigenvalue weighted by molar-refractivity contribution is 0.0195. The molecule has 0 radical (unpaired) electrons. The summed E-state index contributed by atoms with van der Waals surface area (Å²) in [7, 11) is 1.91. The van der Waals surface area contributed by atoms with Crippen molar-refractivity contribution in [3.63, 3.8) is 0 Å². The van der Waals surface area contributed by atoms with Crippen LogP contribution in [0, 0.1) is 0 Å². The number of hydrogen-bond donors (Lipinski definition) is 1. The van der Waals surface area contributed by atoms with Crippen LogP contribution >= 0.6 is 0 Å². The van der Waals surface area contributed by atoms with Crippen LogP contribution in [-0.4, -0.2) is 88.0 Å². The molecule has 1 saturated carbocycles. The van der Waals surface area contributed by atoms with E-state index in [1.165, 1.54) is 37.7 Å². The van der Waals surface area contributed by atoms with E-state index in [9.17, 15) is 0 Å². The molecule has 170 valence electrons. The van der Waals surface area contributed by atoms with Crippen molar-refractivity contribution >= 4 is 5.96 Å². The smallest absolute Gasteiger partial charge is 0.193 e. The Bertz CT molecular complexity index is 787. The molecule has 0 bridgehead atoms. The van der Waals surface area contributed by atoms with Crippen molar-refractivity contribution in [2.45, 2.75) is 43.6 Å². The molecule has 1 aliphatic carbocycles. The van der Waals surface area contributed by atoms with Crippen LogP contribution < -0.4 is 14.8 Å². The maximum Gasteiger partial charge on any atom is 0.193 e. The Morgan fingerprint density at radius 3 is 2.61 bits per heavy atom. The Morgan fingerprint density at radius 1 is 1.06 bits per heavy atom. The third kappa shape index (κ3) is 4.35. The first-order valence-corrected chi connectivity index (χ1v) is 11.9. The molecule has 5 rings (SSSR count). The van der Waals surface area contributed by atoms with Crippen molar-refractivity contribution < 1.29 is 14.2 Å². The van der Waals surface area contributed by atoms with Gasteiger partial charge in [0, 0.05) is 51.2 Å². The minimum absolute atomic E-state index is 0.134. The molecule has 4 aliphatic rings. The zero-order chi connectivity index (χ0) is 21.1. The lowest BCUT2D eigenvalue weighted by Crippen LogP contribution is -2.48. The molecular weight excluding hydrogens is 392 g/mol. The van der Waals surface area contributed by atoms with Gasteiger partial charge in [0.05, 0.1) is 13.2 Å². The molecular formula is C24H36N4O3. The number of benzene rings is 1. The fourth-order valence-corrected chi connectivity index (χ4v) is 5.75. The molecule has 1 aromatic rings. The molecule has 1 atom stereocenters. The van der Waals surface area contributed by atoms with Gasteiger partial charge < -0.3 is 24.4 Å². The maximum absolute atomic E-state index is 5.88. The predicted molar refractivity (Wildman–Crippen MR) is 121 cm³/mol. The van der Waals surface area contributed by atoms with E-state index in [-0.39, 0.29) is 5.41 Å². The zero-order valence-corrected chi connectivity index (χ0v) is 18.8. The summed E-state index contributed by atoms with van der Waals surface area (Å²) >= 11 is 0. The SMILES string of the molecule is CN=C(NCC1(c2ccc3c(c2)OCCO3)CCCC1)N1CCC(N2CCOCC2)C1. The molecule has 1 N–H and O–H groups in total. The highest BCUT2D eigenvalue weighted by Crippen LogP contribution is 2.43. The average molecular weight is 429 g/mol. The number of fused-ring (bicyclic) bond motifs is 1. The van der Waals surface area contributed by atoms with Crippen molar-refractivity contribution in [3.8, 4) is 11.5 Å². The number of morpholine rings is 1. The van der Waals surface area contributed by atoms with Gasteiger partial charge in [-0.25, -0.2) is 0 Å². The Hall–Kier alpha value is -1.99. The van der Waals surface area contributed by atoms with E-state index < -0.39 is 0 Å². The third-order valence-corrected chi connectivity index (χ3v) is 7.54. The number of nitrogens with zero attached hydrogens (tertiary/aromatic N) is 3. The summed E-state index contributed by atoms with van der Waals surface area (Å²) in [5, 5.41) is 3.76. The van der Waals surface area contributed by atoms with Crippen molar-refractivity contribution in [3.05, 3.63) is 23.8 Å². The van der Waals surface area contributed by atoms with Gasteiger partial charge in [-0.2, -0.15) is 0 Å². The van der Waals surface area contributed by atoms with E-state index in [0.29, 0.717) is 19.3 Å². The Kier molecular flexibility index (Phi) is 6.23. The predicted octanol–water partition coefficient (Wildman–Crippen LogP) is 2.25. The lowest BCUT2D eigenvalue weighted by atomic mass is 9.78. The third-order valence-electron chi connectivity index (χ3n) is 7.54. The molecule has 0 aromatic heterocycles. The summed E-state index contributed by atoms with van der Waals surface area (Å²) in [6, 6.07) is 7.16. The number of likely N-dealkylation sites (tertiary alicyclic amines) is 1. The van der Waals surface area contributed by atoms with Crippen LogP contribution in [0.2, 0.25) is 0 Å². The topological polar surface area (TPSA) is 58.6 Å². The van der Waals surface area contributed by atoms with Gasteiger partial charge in [0.15, 0.2) is 17.5 Å². The van der Waals surface area contributed by atoms with E-state index >= 15 is 0 Å². The summed E-state index contributed by atoms with van der Waals surface area (Å²) < 4.78 is 17.1. The summed E-state index contributed by atoms with van der Waals surface area (Å²) in [5.41, 5.74) is 1.50. The van der Waals surface area contributed by atoms with Crippen molar-refractivity contribution in [2.75, 3.05) is 66.2 Å². The second kappa shape index (κ2) is 9.25.